The molecule has 1 atom stereocenters. The Bertz CT molecular complexity index is 1050. The maximum atomic E-state index is 12.6. The summed E-state index contributed by atoms with van der Waals surface area (Å²) in [4.78, 5) is 28.8. The molecule has 8 heteroatoms. The van der Waals surface area contributed by atoms with Gasteiger partial charge in [0.25, 0.3) is 0 Å². The van der Waals surface area contributed by atoms with Crippen LogP contribution >= 0.6 is 0 Å². The summed E-state index contributed by atoms with van der Waals surface area (Å²) in [6.45, 7) is 7.32. The predicted molar refractivity (Wildman–Crippen MR) is 116 cm³/mol. The average molecular weight is 425 g/mol. The molecule has 0 aliphatic carbocycles. The van der Waals surface area contributed by atoms with Crippen molar-refractivity contribution in [1.82, 2.24) is 20.8 Å². The Morgan fingerprint density at radius 3 is 2.55 bits per heavy atom. The predicted octanol–water partition coefficient (Wildman–Crippen LogP) is 3.85. The molecule has 164 valence electrons. The molecule has 1 aromatic heterocycles. The molecule has 0 aliphatic heterocycles. The fourth-order valence-electron chi connectivity index (χ4n) is 3.10. The number of hydrogen-bond donors (Lipinski definition) is 2. The minimum absolute atomic E-state index is 0.181. The molecule has 0 fully saturated rings. The van der Waals surface area contributed by atoms with E-state index >= 15 is 0 Å². The number of alkyl carbamates (subject to hydrolysis) is 1. The highest BCUT2D eigenvalue weighted by atomic mass is 16.6. The van der Waals surface area contributed by atoms with Crippen molar-refractivity contribution in [2.24, 2.45) is 0 Å². The third kappa shape index (κ3) is 6.80. The third-order valence-electron chi connectivity index (χ3n) is 4.50. The number of aryl methyl sites for hydroxylation is 2. The first-order valence-corrected chi connectivity index (χ1v) is 10.2. The SMILES string of the molecule is Cc1noc(CCC(=O)N[C@H](CNC(=O)OC(C)(C)C)c2ccc3ccccc3c2)n1. The summed E-state index contributed by atoms with van der Waals surface area (Å²) in [5, 5.41) is 11.6. The van der Waals surface area contributed by atoms with Crippen molar-refractivity contribution in [3.63, 3.8) is 0 Å². The highest BCUT2D eigenvalue weighted by Crippen LogP contribution is 2.21. The molecule has 2 aromatic carbocycles. The molecule has 3 aromatic rings. The lowest BCUT2D eigenvalue weighted by molar-refractivity contribution is -0.121. The van der Waals surface area contributed by atoms with E-state index in [2.05, 4.69) is 20.8 Å². The number of carbonyl (C=O) groups excluding carboxylic acids is 2. The molecule has 2 N–H and O–H groups in total. The molecular formula is C23H28N4O4. The van der Waals surface area contributed by atoms with Gasteiger partial charge in [-0.15, -0.1) is 0 Å². The zero-order valence-corrected chi connectivity index (χ0v) is 18.3. The van der Waals surface area contributed by atoms with E-state index in [4.69, 9.17) is 9.26 Å². The molecule has 0 spiro atoms. The van der Waals surface area contributed by atoms with Crippen molar-refractivity contribution >= 4 is 22.8 Å². The van der Waals surface area contributed by atoms with Crippen molar-refractivity contribution in [3.8, 4) is 0 Å². The Morgan fingerprint density at radius 1 is 1.13 bits per heavy atom. The number of amides is 2. The summed E-state index contributed by atoms with van der Waals surface area (Å²) in [5.41, 5.74) is 0.283. The Morgan fingerprint density at radius 2 is 1.87 bits per heavy atom. The monoisotopic (exact) mass is 424 g/mol. The Hall–Kier alpha value is -3.42. The van der Waals surface area contributed by atoms with Gasteiger partial charge >= 0.3 is 6.09 Å². The van der Waals surface area contributed by atoms with Gasteiger partial charge in [0.1, 0.15) is 5.60 Å². The molecule has 31 heavy (non-hydrogen) atoms. The number of nitrogens with zero attached hydrogens (tertiary/aromatic N) is 2. The Kier molecular flexibility index (Phi) is 6.89. The van der Waals surface area contributed by atoms with Crippen LogP contribution in [0.3, 0.4) is 0 Å². The first kappa shape index (κ1) is 22.3. The van der Waals surface area contributed by atoms with E-state index in [0.29, 0.717) is 18.1 Å². The summed E-state index contributed by atoms with van der Waals surface area (Å²) in [6.07, 6.45) is 0.00302. The lowest BCUT2D eigenvalue weighted by Crippen LogP contribution is -2.40. The number of fused-ring (bicyclic) bond motifs is 1. The van der Waals surface area contributed by atoms with Crippen LogP contribution in [0.4, 0.5) is 4.79 Å². The van der Waals surface area contributed by atoms with E-state index in [9.17, 15) is 9.59 Å². The van der Waals surface area contributed by atoms with Crippen LogP contribution in [0.5, 0.6) is 0 Å². The fraction of sp³-hybridized carbons (Fsp3) is 0.391. The lowest BCUT2D eigenvalue weighted by Gasteiger charge is -2.23. The zero-order valence-electron chi connectivity index (χ0n) is 18.3. The van der Waals surface area contributed by atoms with Gasteiger partial charge in [-0.3, -0.25) is 4.79 Å². The van der Waals surface area contributed by atoms with Gasteiger partial charge < -0.3 is 19.9 Å². The van der Waals surface area contributed by atoms with Crippen molar-refractivity contribution < 1.29 is 18.8 Å². The van der Waals surface area contributed by atoms with Gasteiger partial charge in [0.05, 0.1) is 6.04 Å². The smallest absolute Gasteiger partial charge is 0.407 e. The molecule has 0 saturated carbocycles. The van der Waals surface area contributed by atoms with E-state index in [1.807, 2.05) is 42.5 Å². The van der Waals surface area contributed by atoms with Crippen LogP contribution in [0.15, 0.2) is 47.0 Å². The highest BCUT2D eigenvalue weighted by molar-refractivity contribution is 5.83. The number of nitrogens with one attached hydrogen (secondary N) is 2. The number of ether oxygens (including phenoxy) is 1. The molecule has 3 rings (SSSR count). The number of aromatic nitrogens is 2. The van der Waals surface area contributed by atoms with Crippen LogP contribution < -0.4 is 10.6 Å². The van der Waals surface area contributed by atoms with E-state index in [0.717, 1.165) is 16.3 Å². The third-order valence-corrected chi connectivity index (χ3v) is 4.50. The second-order valence-electron chi connectivity index (χ2n) is 8.34. The first-order valence-electron chi connectivity index (χ1n) is 10.2. The Balaban J connectivity index is 1.70. The molecule has 0 bridgehead atoms. The molecule has 0 unspecified atom stereocenters. The van der Waals surface area contributed by atoms with Gasteiger partial charge in [-0.25, -0.2) is 4.79 Å². The first-order chi connectivity index (χ1) is 14.7. The quantitative estimate of drug-likeness (QED) is 0.597. The maximum absolute atomic E-state index is 12.6. The fourth-order valence-corrected chi connectivity index (χ4v) is 3.10. The van der Waals surface area contributed by atoms with Crippen LogP contribution in [-0.4, -0.2) is 34.3 Å². The van der Waals surface area contributed by atoms with Crippen molar-refractivity contribution in [2.45, 2.75) is 52.2 Å². The molecule has 0 saturated heterocycles. The van der Waals surface area contributed by atoms with Crippen molar-refractivity contribution in [1.29, 1.82) is 0 Å². The van der Waals surface area contributed by atoms with Crippen molar-refractivity contribution in [3.05, 3.63) is 59.7 Å². The van der Waals surface area contributed by atoms with Gasteiger partial charge in [0.2, 0.25) is 11.8 Å². The normalized spacial score (nSPS) is 12.4. The van der Waals surface area contributed by atoms with Gasteiger partial charge in [-0.05, 0) is 50.1 Å². The molecule has 8 nitrogen and oxygen atoms in total. The number of hydrogen-bond acceptors (Lipinski definition) is 6. The summed E-state index contributed by atoms with van der Waals surface area (Å²) in [6, 6.07) is 13.5. The van der Waals surface area contributed by atoms with E-state index in [1.165, 1.54) is 0 Å². The highest BCUT2D eigenvalue weighted by Gasteiger charge is 2.20. The number of benzene rings is 2. The van der Waals surface area contributed by atoms with E-state index < -0.39 is 17.7 Å². The molecule has 0 aliphatic rings. The number of rotatable bonds is 7. The summed E-state index contributed by atoms with van der Waals surface area (Å²) >= 11 is 0. The topological polar surface area (TPSA) is 106 Å². The standard InChI is InChI=1S/C23H28N4O4/c1-15-25-21(31-27-15)12-11-20(28)26-19(14-24-22(29)30-23(2,3)4)18-10-9-16-7-5-6-8-17(16)13-18/h5-10,13,19H,11-12,14H2,1-4H3,(H,24,29)(H,26,28)/t19-/m1/s1. The van der Waals surface area contributed by atoms with Crippen molar-refractivity contribution in [2.75, 3.05) is 6.54 Å². The maximum Gasteiger partial charge on any atom is 0.407 e. The summed E-state index contributed by atoms with van der Waals surface area (Å²) < 4.78 is 10.4. The Labute approximate surface area is 181 Å². The summed E-state index contributed by atoms with van der Waals surface area (Å²) in [5.74, 6) is 0.771. The van der Waals surface area contributed by atoms with Crippen LogP contribution in [0, 0.1) is 6.92 Å². The molecule has 1 heterocycles. The van der Waals surface area contributed by atoms with Crippen LogP contribution in [0.1, 0.15) is 50.5 Å². The minimum atomic E-state index is -0.603. The molecular weight excluding hydrogens is 396 g/mol. The number of carbonyl (C=O) groups is 2. The second-order valence-corrected chi connectivity index (χ2v) is 8.34. The van der Waals surface area contributed by atoms with E-state index in [-0.39, 0.29) is 18.9 Å². The lowest BCUT2D eigenvalue weighted by atomic mass is 10.0. The molecule has 2 amide bonds. The van der Waals surface area contributed by atoms with Gasteiger partial charge in [0.15, 0.2) is 5.82 Å². The second kappa shape index (κ2) is 9.59. The van der Waals surface area contributed by atoms with Crippen LogP contribution in [0.2, 0.25) is 0 Å². The largest absolute Gasteiger partial charge is 0.444 e. The summed E-state index contributed by atoms with van der Waals surface area (Å²) in [7, 11) is 0. The van der Waals surface area contributed by atoms with Gasteiger partial charge in [-0.1, -0.05) is 41.6 Å². The van der Waals surface area contributed by atoms with E-state index in [1.54, 1.807) is 27.7 Å². The van der Waals surface area contributed by atoms with Crippen LogP contribution in [0.25, 0.3) is 10.8 Å². The molecule has 0 radical (unpaired) electrons. The van der Waals surface area contributed by atoms with Gasteiger partial charge in [-0.2, -0.15) is 4.98 Å². The zero-order chi connectivity index (χ0) is 22.4. The van der Waals surface area contributed by atoms with Crippen LogP contribution in [-0.2, 0) is 16.0 Å². The average Bonchev–Trinajstić information content (AvgIpc) is 3.13. The van der Waals surface area contributed by atoms with Gasteiger partial charge in [0, 0.05) is 19.4 Å². The minimum Gasteiger partial charge on any atom is -0.444 e.